The predicted molar refractivity (Wildman–Crippen MR) is 105 cm³/mol. The summed E-state index contributed by atoms with van der Waals surface area (Å²) in [6.07, 6.45) is 0.661. The SMILES string of the molecule is CC(=O)N1CCc2cc(S(=O)(=O)NCCOc3cc(C)cc(C)c3)ccc21. The molecule has 0 fully saturated rings. The lowest BCUT2D eigenvalue weighted by atomic mass is 10.1. The van der Waals surface area contributed by atoms with Gasteiger partial charge in [0.15, 0.2) is 0 Å². The standard InChI is InChI=1S/C20H24N2O4S/c1-14-10-15(2)12-18(11-14)26-9-7-21-27(24,25)19-4-5-20-17(13-19)6-8-22(20)16(3)23/h4-5,10-13,21H,6-9H2,1-3H3. The number of rotatable bonds is 6. The first-order chi connectivity index (χ1) is 12.8. The average molecular weight is 388 g/mol. The number of carbonyl (C=O) groups excluding carboxylic acids is 1. The van der Waals surface area contributed by atoms with Crippen LogP contribution in [0.3, 0.4) is 0 Å². The number of anilines is 1. The van der Waals surface area contributed by atoms with E-state index in [1.54, 1.807) is 17.0 Å². The van der Waals surface area contributed by atoms with Crippen molar-refractivity contribution in [2.75, 3.05) is 24.6 Å². The summed E-state index contributed by atoms with van der Waals surface area (Å²) in [6, 6.07) is 10.8. The summed E-state index contributed by atoms with van der Waals surface area (Å²) < 4.78 is 33.2. The van der Waals surface area contributed by atoms with Crippen LogP contribution in [0.25, 0.3) is 0 Å². The van der Waals surface area contributed by atoms with Gasteiger partial charge in [-0.05, 0) is 67.3 Å². The Balaban J connectivity index is 1.61. The Hall–Kier alpha value is -2.38. The molecule has 0 aromatic heterocycles. The molecule has 7 heteroatoms. The van der Waals surface area contributed by atoms with Crippen LogP contribution in [0.2, 0.25) is 0 Å². The number of nitrogens with one attached hydrogen (secondary N) is 1. The zero-order valence-electron chi connectivity index (χ0n) is 15.8. The van der Waals surface area contributed by atoms with E-state index < -0.39 is 10.0 Å². The van der Waals surface area contributed by atoms with E-state index in [1.165, 1.54) is 13.0 Å². The van der Waals surface area contributed by atoms with E-state index in [0.29, 0.717) is 13.0 Å². The van der Waals surface area contributed by atoms with Crippen molar-refractivity contribution in [1.82, 2.24) is 4.72 Å². The monoisotopic (exact) mass is 388 g/mol. The molecule has 1 aliphatic rings. The maximum atomic E-state index is 12.5. The number of aryl methyl sites for hydroxylation is 2. The largest absolute Gasteiger partial charge is 0.492 e. The fraction of sp³-hybridized carbons (Fsp3) is 0.350. The third-order valence-electron chi connectivity index (χ3n) is 4.49. The molecule has 0 unspecified atom stereocenters. The minimum atomic E-state index is -3.62. The van der Waals surface area contributed by atoms with Gasteiger partial charge in [-0.2, -0.15) is 0 Å². The Morgan fingerprint density at radius 1 is 1.15 bits per heavy atom. The molecule has 144 valence electrons. The quantitative estimate of drug-likeness (QED) is 0.772. The molecule has 0 bridgehead atoms. The summed E-state index contributed by atoms with van der Waals surface area (Å²) in [7, 11) is -3.62. The highest BCUT2D eigenvalue weighted by Gasteiger charge is 2.24. The molecule has 27 heavy (non-hydrogen) atoms. The van der Waals surface area contributed by atoms with Crippen molar-refractivity contribution in [1.29, 1.82) is 0 Å². The molecule has 3 rings (SSSR count). The molecule has 0 radical (unpaired) electrons. The van der Waals surface area contributed by atoms with Crippen molar-refractivity contribution < 1.29 is 17.9 Å². The summed E-state index contributed by atoms with van der Waals surface area (Å²) in [6.45, 7) is 6.49. The molecular weight excluding hydrogens is 364 g/mol. The van der Waals surface area contributed by atoms with Gasteiger partial charge >= 0.3 is 0 Å². The maximum Gasteiger partial charge on any atom is 0.240 e. The highest BCUT2D eigenvalue weighted by atomic mass is 32.2. The van der Waals surface area contributed by atoms with Gasteiger partial charge in [0.1, 0.15) is 12.4 Å². The molecule has 1 heterocycles. The fourth-order valence-electron chi connectivity index (χ4n) is 3.32. The zero-order chi connectivity index (χ0) is 19.6. The summed E-state index contributed by atoms with van der Waals surface area (Å²) >= 11 is 0. The Bertz CT molecular complexity index is 950. The van der Waals surface area contributed by atoms with Gasteiger partial charge in [-0.1, -0.05) is 6.07 Å². The third-order valence-corrected chi connectivity index (χ3v) is 5.95. The molecular formula is C20H24N2O4S. The molecule has 0 saturated heterocycles. The molecule has 2 aromatic rings. The second-order valence-electron chi connectivity index (χ2n) is 6.78. The van der Waals surface area contributed by atoms with Crippen LogP contribution < -0.4 is 14.4 Å². The van der Waals surface area contributed by atoms with Crippen molar-refractivity contribution in [3.63, 3.8) is 0 Å². The van der Waals surface area contributed by atoms with Gasteiger partial charge in [0, 0.05) is 25.7 Å². The van der Waals surface area contributed by atoms with Crippen LogP contribution in [0.5, 0.6) is 5.75 Å². The molecule has 6 nitrogen and oxygen atoms in total. The van der Waals surface area contributed by atoms with Crippen LogP contribution in [0.15, 0.2) is 41.3 Å². The van der Waals surface area contributed by atoms with Crippen molar-refractivity contribution >= 4 is 21.6 Å². The highest BCUT2D eigenvalue weighted by molar-refractivity contribution is 7.89. The van der Waals surface area contributed by atoms with E-state index in [0.717, 1.165) is 28.1 Å². The summed E-state index contributed by atoms with van der Waals surface area (Å²) in [5, 5.41) is 0. The number of benzene rings is 2. The third kappa shape index (κ3) is 4.48. The van der Waals surface area contributed by atoms with Crippen LogP contribution in [0, 0.1) is 13.8 Å². The lowest BCUT2D eigenvalue weighted by molar-refractivity contribution is -0.116. The lowest BCUT2D eigenvalue weighted by Crippen LogP contribution is -2.28. The van der Waals surface area contributed by atoms with Gasteiger partial charge in [-0.15, -0.1) is 0 Å². The summed E-state index contributed by atoms with van der Waals surface area (Å²) in [5.41, 5.74) is 3.87. The van der Waals surface area contributed by atoms with E-state index in [1.807, 2.05) is 26.0 Å². The van der Waals surface area contributed by atoms with E-state index >= 15 is 0 Å². The van der Waals surface area contributed by atoms with Crippen molar-refractivity contribution in [2.45, 2.75) is 32.1 Å². The number of nitrogens with zero attached hydrogens (tertiary/aromatic N) is 1. The van der Waals surface area contributed by atoms with E-state index in [2.05, 4.69) is 10.8 Å². The molecule has 0 atom stereocenters. The molecule has 0 spiro atoms. The molecule has 1 aliphatic heterocycles. The zero-order valence-corrected chi connectivity index (χ0v) is 16.6. The van der Waals surface area contributed by atoms with Crippen molar-refractivity contribution in [3.05, 3.63) is 53.1 Å². The van der Waals surface area contributed by atoms with E-state index in [-0.39, 0.29) is 24.0 Å². The Morgan fingerprint density at radius 3 is 2.52 bits per heavy atom. The number of fused-ring (bicyclic) bond motifs is 1. The van der Waals surface area contributed by atoms with Gasteiger partial charge in [0.2, 0.25) is 15.9 Å². The van der Waals surface area contributed by atoms with Gasteiger partial charge in [-0.25, -0.2) is 13.1 Å². The topological polar surface area (TPSA) is 75.7 Å². The highest BCUT2D eigenvalue weighted by Crippen LogP contribution is 2.30. The minimum Gasteiger partial charge on any atom is -0.492 e. The minimum absolute atomic E-state index is 0.0361. The van der Waals surface area contributed by atoms with Gasteiger partial charge < -0.3 is 9.64 Å². The molecule has 2 aromatic carbocycles. The fourth-order valence-corrected chi connectivity index (χ4v) is 4.38. The van der Waals surface area contributed by atoms with Gasteiger partial charge in [-0.3, -0.25) is 4.79 Å². The van der Waals surface area contributed by atoms with Crippen LogP contribution >= 0.6 is 0 Å². The number of carbonyl (C=O) groups is 1. The molecule has 0 saturated carbocycles. The molecule has 0 aliphatic carbocycles. The first-order valence-corrected chi connectivity index (χ1v) is 10.4. The first-order valence-electron chi connectivity index (χ1n) is 8.88. The van der Waals surface area contributed by atoms with Crippen LogP contribution in [-0.4, -0.2) is 34.0 Å². The Labute approximate surface area is 160 Å². The van der Waals surface area contributed by atoms with E-state index in [4.69, 9.17) is 4.74 Å². The number of amides is 1. The Kier molecular flexibility index (Phi) is 5.53. The summed E-state index contributed by atoms with van der Waals surface area (Å²) in [5.74, 6) is 0.694. The Morgan fingerprint density at radius 2 is 1.85 bits per heavy atom. The van der Waals surface area contributed by atoms with Gasteiger partial charge in [0.05, 0.1) is 4.90 Å². The van der Waals surface area contributed by atoms with Crippen LogP contribution in [0.1, 0.15) is 23.6 Å². The van der Waals surface area contributed by atoms with Crippen molar-refractivity contribution in [2.24, 2.45) is 0 Å². The van der Waals surface area contributed by atoms with E-state index in [9.17, 15) is 13.2 Å². The predicted octanol–water partition coefficient (Wildman–Crippen LogP) is 2.57. The van der Waals surface area contributed by atoms with Crippen molar-refractivity contribution in [3.8, 4) is 5.75 Å². The average Bonchev–Trinajstić information content (AvgIpc) is 3.01. The van der Waals surface area contributed by atoms with Gasteiger partial charge in [0.25, 0.3) is 0 Å². The second kappa shape index (κ2) is 7.70. The van der Waals surface area contributed by atoms with Crippen LogP contribution in [0.4, 0.5) is 5.69 Å². The maximum absolute atomic E-state index is 12.5. The normalized spacial score (nSPS) is 13.5. The molecule has 1 N–H and O–H groups in total. The number of hydrogen-bond acceptors (Lipinski definition) is 4. The number of sulfonamides is 1. The number of hydrogen-bond donors (Lipinski definition) is 1. The van der Waals surface area contributed by atoms with Crippen LogP contribution in [-0.2, 0) is 21.2 Å². The first kappa shape index (κ1) is 19.4. The smallest absolute Gasteiger partial charge is 0.240 e. The molecule has 1 amide bonds. The second-order valence-corrected chi connectivity index (χ2v) is 8.55. The number of ether oxygens (including phenoxy) is 1. The lowest BCUT2D eigenvalue weighted by Gasteiger charge is -2.15. The summed E-state index contributed by atoms with van der Waals surface area (Å²) in [4.78, 5) is 13.5.